The number of nitrogen functional groups attached to an aromatic ring is 2. The van der Waals surface area contributed by atoms with Crippen molar-refractivity contribution in [3.63, 3.8) is 0 Å². The topological polar surface area (TPSA) is 279 Å². The minimum atomic E-state index is -4.95. The molecular formula is C21H25N9O11P2S. The zero-order valence-corrected chi connectivity index (χ0v) is 24.8. The Kier molecular flexibility index (Phi) is 7.63. The number of nitrogens with one attached hydrogen (secondary N) is 1. The SMILES string of the molecule is Nc1nc2c(ncn2C2OC3COP(=O)(O)OC4C(O)C(COP(S)OC2C3O)OC4n2ccc3c(N)ncnc32)c(=O)[nH]1. The van der Waals surface area contributed by atoms with Crippen LogP contribution >= 0.6 is 27.6 Å². The van der Waals surface area contributed by atoms with Crippen molar-refractivity contribution in [2.24, 2.45) is 0 Å². The van der Waals surface area contributed by atoms with E-state index in [9.17, 15) is 24.5 Å². The average molecular weight is 673 g/mol. The van der Waals surface area contributed by atoms with E-state index in [-0.39, 0.29) is 29.5 Å². The molecule has 7 rings (SSSR count). The molecule has 236 valence electrons. The lowest BCUT2D eigenvalue weighted by Gasteiger charge is -2.26. The Hall–Kier alpha value is -2.78. The summed E-state index contributed by atoms with van der Waals surface area (Å²) in [5, 5.41) is 22.8. The number of rotatable bonds is 2. The highest BCUT2D eigenvalue weighted by Gasteiger charge is 2.52. The number of imidazole rings is 1. The molecule has 0 spiro atoms. The first-order chi connectivity index (χ1) is 21.0. The van der Waals surface area contributed by atoms with Crippen LogP contribution in [-0.4, -0.2) is 99.0 Å². The predicted molar refractivity (Wildman–Crippen MR) is 152 cm³/mol. The van der Waals surface area contributed by atoms with Crippen LogP contribution in [0.3, 0.4) is 0 Å². The molecule has 23 heteroatoms. The van der Waals surface area contributed by atoms with Gasteiger partial charge in [0, 0.05) is 6.20 Å². The molecule has 0 saturated carbocycles. The van der Waals surface area contributed by atoms with Crippen LogP contribution < -0.4 is 17.0 Å². The van der Waals surface area contributed by atoms with Crippen molar-refractivity contribution < 1.29 is 47.2 Å². The molecule has 0 radical (unpaired) electrons. The minimum Gasteiger partial charge on any atom is -0.387 e. The second-order valence-electron chi connectivity index (χ2n) is 10.0. The third kappa shape index (κ3) is 5.17. The number of aliphatic hydroxyl groups excluding tert-OH is 2. The summed E-state index contributed by atoms with van der Waals surface area (Å²) in [6, 6.07) is 1.62. The molecule has 3 aliphatic rings. The number of hydrogen-bond donors (Lipinski definition) is 7. The van der Waals surface area contributed by atoms with Gasteiger partial charge in [-0.2, -0.15) is 4.98 Å². The van der Waals surface area contributed by atoms with Crippen molar-refractivity contribution in [1.29, 1.82) is 0 Å². The molecular weight excluding hydrogens is 648 g/mol. The quantitative estimate of drug-likeness (QED) is 0.102. The summed E-state index contributed by atoms with van der Waals surface area (Å²) in [6.07, 6.45) is -6.30. The first kappa shape index (κ1) is 29.9. The van der Waals surface area contributed by atoms with Gasteiger partial charge in [0.2, 0.25) is 13.5 Å². The van der Waals surface area contributed by atoms with Gasteiger partial charge in [-0.3, -0.25) is 23.4 Å². The average Bonchev–Trinajstić information content (AvgIpc) is 3.72. The Bertz CT molecular complexity index is 1820. The number of hydrogen-bond acceptors (Lipinski definition) is 17. The number of phosphoric ester groups is 1. The maximum Gasteiger partial charge on any atom is 0.472 e. The van der Waals surface area contributed by atoms with E-state index >= 15 is 0 Å². The highest BCUT2D eigenvalue weighted by atomic mass is 32.7. The molecule has 4 bridgehead atoms. The third-order valence-corrected chi connectivity index (χ3v) is 9.79. The molecule has 10 unspecified atom stereocenters. The molecule has 7 heterocycles. The van der Waals surface area contributed by atoms with E-state index in [0.29, 0.717) is 11.0 Å². The van der Waals surface area contributed by atoms with Gasteiger partial charge in [-0.25, -0.2) is 19.5 Å². The fraction of sp³-hybridized carbons (Fsp3) is 0.476. The van der Waals surface area contributed by atoms with Crippen LogP contribution in [0.15, 0.2) is 29.7 Å². The number of nitrogens with two attached hydrogens (primary N) is 2. The number of phosphoric acid groups is 1. The van der Waals surface area contributed by atoms with Gasteiger partial charge < -0.3 is 49.7 Å². The van der Waals surface area contributed by atoms with Gasteiger partial charge in [0.25, 0.3) is 5.56 Å². The van der Waals surface area contributed by atoms with E-state index < -0.39 is 76.6 Å². The maximum absolute atomic E-state index is 13.2. The monoisotopic (exact) mass is 673 g/mol. The summed E-state index contributed by atoms with van der Waals surface area (Å²) < 4.78 is 50.4. The number of thiol groups is 1. The summed E-state index contributed by atoms with van der Waals surface area (Å²) in [7, 11) is -7.01. The van der Waals surface area contributed by atoms with Crippen LogP contribution in [0, 0.1) is 0 Å². The Labute approximate surface area is 251 Å². The number of aliphatic hydroxyl groups is 2. The van der Waals surface area contributed by atoms with Gasteiger partial charge in [-0.1, -0.05) is 12.2 Å². The summed E-state index contributed by atoms with van der Waals surface area (Å²) in [5.41, 5.74) is 11.4. The normalized spacial score (nSPS) is 36.6. The van der Waals surface area contributed by atoms with Crippen molar-refractivity contribution >= 4 is 61.6 Å². The number of H-pyrrole nitrogens is 1. The Morgan fingerprint density at radius 2 is 1.77 bits per heavy atom. The molecule has 4 aromatic rings. The number of anilines is 2. The Morgan fingerprint density at radius 1 is 1.05 bits per heavy atom. The lowest BCUT2D eigenvalue weighted by Crippen LogP contribution is -2.37. The third-order valence-electron chi connectivity index (χ3n) is 7.38. The Balaban J connectivity index is 1.20. The van der Waals surface area contributed by atoms with Gasteiger partial charge in [-0.05, 0) is 6.07 Å². The highest BCUT2D eigenvalue weighted by molar-refractivity contribution is 8.41. The second kappa shape index (κ2) is 11.2. The van der Waals surface area contributed by atoms with Crippen molar-refractivity contribution in [3.8, 4) is 0 Å². The maximum atomic E-state index is 13.2. The fourth-order valence-electron chi connectivity index (χ4n) is 5.34. The van der Waals surface area contributed by atoms with Crippen molar-refractivity contribution in [3.05, 3.63) is 35.3 Å². The van der Waals surface area contributed by atoms with E-state index in [2.05, 4.69) is 37.2 Å². The van der Waals surface area contributed by atoms with E-state index in [1.54, 1.807) is 12.3 Å². The van der Waals surface area contributed by atoms with E-state index in [1.807, 2.05) is 0 Å². The van der Waals surface area contributed by atoms with Crippen LogP contribution in [0.2, 0.25) is 0 Å². The van der Waals surface area contributed by atoms with E-state index in [1.165, 1.54) is 21.8 Å². The summed E-state index contributed by atoms with van der Waals surface area (Å²) in [5.74, 6) is 0.00569. The lowest BCUT2D eigenvalue weighted by molar-refractivity contribution is -0.0624. The zero-order chi connectivity index (χ0) is 30.9. The van der Waals surface area contributed by atoms with Crippen LogP contribution in [0.4, 0.5) is 11.8 Å². The van der Waals surface area contributed by atoms with Gasteiger partial charge in [0.15, 0.2) is 23.6 Å². The molecule has 3 aliphatic heterocycles. The minimum absolute atomic E-state index is 0.0292. The highest BCUT2D eigenvalue weighted by Crippen LogP contribution is 2.53. The largest absolute Gasteiger partial charge is 0.472 e. The van der Waals surface area contributed by atoms with Crippen molar-refractivity contribution in [1.82, 2.24) is 34.1 Å². The molecule has 0 amide bonds. The molecule has 4 aromatic heterocycles. The Morgan fingerprint density at radius 3 is 2.57 bits per heavy atom. The predicted octanol–water partition coefficient (Wildman–Crippen LogP) is -0.680. The molecule has 0 aliphatic carbocycles. The molecule has 20 nitrogen and oxygen atoms in total. The number of ether oxygens (including phenoxy) is 2. The van der Waals surface area contributed by atoms with Crippen LogP contribution in [0.1, 0.15) is 12.5 Å². The van der Waals surface area contributed by atoms with Crippen LogP contribution in [0.25, 0.3) is 22.2 Å². The van der Waals surface area contributed by atoms with E-state index in [0.717, 1.165) is 0 Å². The lowest BCUT2D eigenvalue weighted by atomic mass is 10.1. The van der Waals surface area contributed by atoms with Gasteiger partial charge in [0.1, 0.15) is 54.4 Å². The molecule has 8 N–H and O–H groups in total. The smallest absolute Gasteiger partial charge is 0.387 e. The molecule has 44 heavy (non-hydrogen) atoms. The van der Waals surface area contributed by atoms with Gasteiger partial charge in [0.05, 0.1) is 24.9 Å². The van der Waals surface area contributed by atoms with Gasteiger partial charge >= 0.3 is 7.82 Å². The van der Waals surface area contributed by atoms with Crippen molar-refractivity contribution in [2.45, 2.75) is 49.1 Å². The molecule has 3 fully saturated rings. The van der Waals surface area contributed by atoms with Crippen molar-refractivity contribution in [2.75, 3.05) is 24.7 Å². The van der Waals surface area contributed by atoms with Crippen LogP contribution in [-0.2, 0) is 32.1 Å². The van der Waals surface area contributed by atoms with Gasteiger partial charge in [-0.15, -0.1) is 0 Å². The summed E-state index contributed by atoms with van der Waals surface area (Å²) in [6.45, 7) is -0.966. The first-order valence-electron chi connectivity index (χ1n) is 12.9. The zero-order valence-electron chi connectivity index (χ0n) is 22.1. The summed E-state index contributed by atoms with van der Waals surface area (Å²) >= 11 is 4.40. The second-order valence-corrected chi connectivity index (χ2v) is 13.4. The number of aromatic nitrogens is 7. The number of aromatic amines is 1. The molecule has 3 saturated heterocycles. The molecule has 10 atom stereocenters. The fourth-order valence-corrected chi connectivity index (χ4v) is 7.57. The number of nitrogens with zero attached hydrogens (tertiary/aromatic N) is 6. The molecule has 0 aromatic carbocycles. The summed E-state index contributed by atoms with van der Waals surface area (Å²) in [4.78, 5) is 41.7. The van der Waals surface area contributed by atoms with Crippen LogP contribution in [0.5, 0.6) is 0 Å². The van der Waals surface area contributed by atoms with E-state index in [4.69, 9.17) is 39.0 Å². The number of fused-ring (bicyclic) bond motifs is 6. The standard InChI is InChI=1S/C21H25N9O11P2S/c22-15-7-1-2-29(16(7)25-5-24-15)20-14-12(32)8(38-20)3-36-42(44)40-13-11(31)9(4-37-43(34,35)41-14)39-19(13)30-6-26-10-17(30)27-21(23)28-18(10)33/h1-2,5-6,8-9,11-14,19-20,31-32,44H,3-4H2,(H,34,35)(H2,22,24,25)(H3,23,27,28,33). The first-order valence-corrected chi connectivity index (χ1v) is 16.7.